The summed E-state index contributed by atoms with van der Waals surface area (Å²) in [4.78, 5) is 0. The van der Waals surface area contributed by atoms with Crippen LogP contribution in [0.4, 0.5) is 0 Å². The zero-order valence-corrected chi connectivity index (χ0v) is 23.4. The van der Waals surface area contributed by atoms with Crippen LogP contribution in [0.3, 0.4) is 0 Å². The van der Waals surface area contributed by atoms with Gasteiger partial charge in [0.05, 0.1) is 0 Å². The van der Waals surface area contributed by atoms with Gasteiger partial charge >= 0.3 is 0 Å². The number of benzene rings is 3. The van der Waals surface area contributed by atoms with Gasteiger partial charge < -0.3 is 0 Å². The maximum Gasteiger partial charge on any atom is 0.00362 e. The number of rotatable bonds is 2. The fourth-order valence-electron chi connectivity index (χ4n) is 6.55. The van der Waals surface area contributed by atoms with Crippen LogP contribution in [-0.4, -0.2) is 18.5 Å². The van der Waals surface area contributed by atoms with E-state index >= 15 is 0 Å². The third-order valence-electron chi connectivity index (χ3n) is 7.18. The van der Waals surface area contributed by atoms with Crippen LogP contribution >= 0.6 is 13.8 Å². The van der Waals surface area contributed by atoms with E-state index in [1.807, 2.05) is 0 Å². The summed E-state index contributed by atoms with van der Waals surface area (Å²) in [6.45, 7) is 20.0. The Labute approximate surface area is 196 Å². The van der Waals surface area contributed by atoms with Gasteiger partial charge in [0.25, 0.3) is 0 Å². The second-order valence-corrected chi connectivity index (χ2v) is 17.4. The van der Waals surface area contributed by atoms with Gasteiger partial charge in [-0.15, -0.1) is 5.17 Å². The molecule has 168 valence electrons. The molecule has 3 aromatic rings. The molecule has 0 radical (unpaired) electrons. The normalized spacial score (nSPS) is 22.2. The summed E-state index contributed by atoms with van der Waals surface area (Å²) >= 11 is 0. The maximum absolute atomic E-state index is 4.47. The Morgan fingerprint density at radius 3 is 1.47 bits per heavy atom. The van der Waals surface area contributed by atoms with Gasteiger partial charge in [0.2, 0.25) is 0 Å². The first-order valence-electron chi connectivity index (χ1n) is 11.6. The van der Waals surface area contributed by atoms with Crippen molar-refractivity contribution >= 4 is 34.9 Å². The zero-order valence-electron chi connectivity index (χ0n) is 21.6. The lowest BCUT2D eigenvalue weighted by Crippen LogP contribution is -2.29. The molecule has 2 heteroatoms. The summed E-state index contributed by atoms with van der Waals surface area (Å²) in [5.41, 5.74) is 12.9. The second-order valence-electron chi connectivity index (χ2n) is 10.5. The van der Waals surface area contributed by atoms with E-state index in [2.05, 4.69) is 110 Å². The Hall–Kier alpha value is -1.70. The molecule has 4 rings (SSSR count). The molecule has 0 aliphatic carbocycles. The molecule has 0 saturated heterocycles. The van der Waals surface area contributed by atoms with Gasteiger partial charge in [-0.1, -0.05) is 53.1 Å². The van der Waals surface area contributed by atoms with Crippen LogP contribution in [0.15, 0.2) is 36.4 Å². The van der Waals surface area contributed by atoms with Crippen LogP contribution < -0.4 is 15.9 Å². The van der Waals surface area contributed by atoms with Gasteiger partial charge in [-0.2, -0.15) is 0 Å². The second kappa shape index (κ2) is 7.96. The van der Waals surface area contributed by atoms with Crippen molar-refractivity contribution in [1.29, 1.82) is 0 Å². The lowest BCUT2D eigenvalue weighted by atomic mass is 10.1. The minimum atomic E-state index is -1.79. The fourth-order valence-corrected chi connectivity index (χ4v) is 17.7. The zero-order chi connectivity index (χ0) is 23.6. The quantitative estimate of drug-likeness (QED) is 0.366. The number of hydrogen-bond acceptors (Lipinski definition) is 0. The van der Waals surface area contributed by atoms with E-state index in [4.69, 9.17) is 0 Å². The molecule has 1 aliphatic heterocycles. The minimum absolute atomic E-state index is 1.14. The van der Waals surface area contributed by atoms with E-state index < -0.39 is 13.8 Å². The van der Waals surface area contributed by atoms with Crippen LogP contribution in [0.1, 0.15) is 50.1 Å². The Balaban J connectivity index is 2.27. The van der Waals surface area contributed by atoms with E-state index in [-0.39, 0.29) is 0 Å². The van der Waals surface area contributed by atoms with Crippen LogP contribution in [0.2, 0.25) is 0 Å². The average molecular weight is 461 g/mol. The lowest BCUT2D eigenvalue weighted by Gasteiger charge is -2.36. The summed E-state index contributed by atoms with van der Waals surface area (Å²) < 4.78 is 0. The highest BCUT2D eigenvalue weighted by molar-refractivity contribution is 7.98. The Kier molecular flexibility index (Phi) is 5.83. The summed E-state index contributed by atoms with van der Waals surface area (Å²) in [6.07, 6.45) is 1.14. The van der Waals surface area contributed by atoms with Crippen molar-refractivity contribution in [3.05, 3.63) is 86.5 Å². The maximum atomic E-state index is 4.47. The van der Waals surface area contributed by atoms with Crippen molar-refractivity contribution in [2.45, 2.75) is 61.6 Å². The highest BCUT2D eigenvalue weighted by Gasteiger charge is 2.33. The Bertz CT molecular complexity index is 1350. The van der Waals surface area contributed by atoms with Gasteiger partial charge in [-0.25, -0.2) is 0 Å². The molecule has 1 aliphatic rings. The molecule has 2 atom stereocenters. The van der Waals surface area contributed by atoms with Gasteiger partial charge in [0.1, 0.15) is 0 Å². The predicted molar refractivity (Wildman–Crippen MR) is 151 cm³/mol. The lowest BCUT2D eigenvalue weighted by molar-refractivity contribution is 1.28. The van der Waals surface area contributed by atoms with E-state index in [1.54, 1.807) is 21.5 Å². The highest BCUT2D eigenvalue weighted by atomic mass is 31.2. The molecule has 0 saturated carbocycles. The van der Waals surface area contributed by atoms with Crippen molar-refractivity contribution in [2.75, 3.05) is 13.3 Å². The smallest absolute Gasteiger partial charge is 0.00362 e. The summed E-state index contributed by atoms with van der Waals surface area (Å²) in [6, 6.07) is 14.4. The van der Waals surface area contributed by atoms with Crippen molar-refractivity contribution in [1.82, 2.24) is 0 Å². The van der Waals surface area contributed by atoms with Gasteiger partial charge in [-0.3, -0.25) is 0 Å². The third kappa shape index (κ3) is 3.72. The molecule has 0 aromatic heterocycles. The monoisotopic (exact) mass is 460 g/mol. The molecule has 0 N–H and O–H groups in total. The van der Waals surface area contributed by atoms with Crippen LogP contribution in [0.5, 0.6) is 0 Å². The first-order valence-corrected chi connectivity index (χ1v) is 16.3. The molecular weight excluding hydrogens is 422 g/mol. The molecule has 2 unspecified atom stereocenters. The minimum Gasteiger partial charge on any atom is -0.119 e. The van der Waals surface area contributed by atoms with E-state index in [9.17, 15) is 0 Å². The first kappa shape index (κ1) is 23.5. The topological polar surface area (TPSA) is 0 Å². The van der Waals surface area contributed by atoms with E-state index in [0.29, 0.717) is 0 Å². The molecule has 0 fully saturated rings. The summed E-state index contributed by atoms with van der Waals surface area (Å²) in [5, 5.41) is 9.19. The number of fused-ring (bicyclic) bond motifs is 1. The van der Waals surface area contributed by atoms with E-state index in [0.717, 1.165) is 6.16 Å². The van der Waals surface area contributed by atoms with Crippen molar-refractivity contribution < 1.29 is 0 Å². The molecule has 0 amide bonds. The SMILES string of the molecule is Cc1cc(C)c(P2(C)=C=P(C)(c3c(C)cc(C)cc3C)c3cc(C)cc(C)c3C2)c(C)c1. The van der Waals surface area contributed by atoms with Crippen molar-refractivity contribution in [2.24, 2.45) is 0 Å². The molecule has 0 bridgehead atoms. The van der Waals surface area contributed by atoms with Crippen LogP contribution in [0.25, 0.3) is 0 Å². The van der Waals surface area contributed by atoms with Gasteiger partial charge in [0.15, 0.2) is 0 Å². The number of hydrogen-bond donors (Lipinski definition) is 0. The first-order chi connectivity index (χ1) is 14.9. The van der Waals surface area contributed by atoms with Crippen LogP contribution in [0, 0.1) is 55.4 Å². The van der Waals surface area contributed by atoms with Crippen molar-refractivity contribution in [3.8, 4) is 0 Å². The Morgan fingerprint density at radius 1 is 0.562 bits per heavy atom. The molecule has 32 heavy (non-hydrogen) atoms. The Morgan fingerprint density at radius 2 is 0.969 bits per heavy atom. The summed E-state index contributed by atoms with van der Waals surface area (Å²) in [7, 11) is 0. The molecule has 0 nitrogen and oxygen atoms in total. The standard InChI is InChI=1S/C30H38P2/c1-19-12-23(5)29(24(6)13-19)31(9)17-27-22(4)11-21(3)16-28(27)32(10,18-31)30-25(7)14-20(2)15-26(30)8/h11-16H,17H2,1-10H3. The summed E-state index contributed by atoms with van der Waals surface area (Å²) in [5.74, 6) is 0. The average Bonchev–Trinajstić information content (AvgIpc) is 2.60. The molecule has 3 aromatic carbocycles. The van der Waals surface area contributed by atoms with Crippen LogP contribution in [-0.2, 0) is 6.16 Å². The molecule has 1 heterocycles. The highest BCUT2D eigenvalue weighted by Crippen LogP contribution is 2.57. The van der Waals surface area contributed by atoms with Gasteiger partial charge in [0, 0.05) is 6.16 Å². The van der Waals surface area contributed by atoms with Gasteiger partial charge in [-0.05, 0) is 132 Å². The molecular formula is C30H38P2. The van der Waals surface area contributed by atoms with E-state index in [1.165, 1.54) is 44.5 Å². The largest absolute Gasteiger partial charge is 0.119 e. The third-order valence-corrected chi connectivity index (χ3v) is 16.2. The number of aryl methyl sites for hydroxylation is 8. The predicted octanol–water partition coefficient (Wildman–Crippen LogP) is 6.88. The fraction of sp³-hybridized carbons (Fsp3) is 0.367. The molecule has 0 spiro atoms. The van der Waals surface area contributed by atoms with Crippen molar-refractivity contribution in [3.63, 3.8) is 0 Å².